The highest BCUT2D eigenvalue weighted by Crippen LogP contribution is 2.44. The van der Waals surface area contributed by atoms with E-state index in [4.69, 9.17) is 0 Å². The van der Waals surface area contributed by atoms with Crippen LogP contribution < -0.4 is 0 Å². The van der Waals surface area contributed by atoms with Crippen LogP contribution in [0.1, 0.15) is 105 Å². The molecule has 1 N–H and O–H groups in total. The molecule has 0 saturated heterocycles. The lowest BCUT2D eigenvalue weighted by molar-refractivity contribution is 0.0958. The van der Waals surface area contributed by atoms with E-state index in [1.54, 1.807) is 6.08 Å². The van der Waals surface area contributed by atoms with Gasteiger partial charge in [0.05, 0.1) is 0 Å². The van der Waals surface area contributed by atoms with Crippen LogP contribution in [0.2, 0.25) is 0 Å². The summed E-state index contributed by atoms with van der Waals surface area (Å²) in [6.07, 6.45) is 10.4. The van der Waals surface area contributed by atoms with Gasteiger partial charge in [-0.15, -0.1) is 0 Å². The number of aliphatic hydroxyl groups is 1. The van der Waals surface area contributed by atoms with Gasteiger partial charge in [0.25, 0.3) is 0 Å². The van der Waals surface area contributed by atoms with E-state index in [0.29, 0.717) is 25.2 Å². The Hall–Kier alpha value is -3.65. The smallest absolute Gasteiger partial charge is 0.164 e. The van der Waals surface area contributed by atoms with E-state index in [9.17, 15) is 9.90 Å². The molecule has 1 unspecified atom stereocenters. The monoisotopic (exact) mass is 588 g/mol. The predicted octanol–water partition coefficient (Wildman–Crippen LogP) is 10.9. The SMILES string of the molecule is Cc1cc(CC(C)(C)C(C)C)cc(C(CC(=O)c2ccc(C)c(C(C)(C)C)c2)(Cc2ccccc2)C2=CCC=C(O)C=C2)c1. The van der Waals surface area contributed by atoms with E-state index in [0.717, 1.165) is 23.1 Å². The summed E-state index contributed by atoms with van der Waals surface area (Å²) in [6, 6.07) is 23.7. The van der Waals surface area contributed by atoms with Crippen molar-refractivity contribution in [3.63, 3.8) is 0 Å². The van der Waals surface area contributed by atoms with Gasteiger partial charge in [-0.05, 0) is 101 Å². The zero-order chi connectivity index (χ0) is 32.3. The number of aliphatic hydroxyl groups excluding tert-OH is 1. The zero-order valence-corrected chi connectivity index (χ0v) is 28.4. The summed E-state index contributed by atoms with van der Waals surface area (Å²) in [4.78, 5) is 14.6. The van der Waals surface area contributed by atoms with E-state index >= 15 is 0 Å². The molecular formula is C42H52O2. The van der Waals surface area contributed by atoms with E-state index < -0.39 is 5.41 Å². The maximum Gasteiger partial charge on any atom is 0.164 e. The highest BCUT2D eigenvalue weighted by Gasteiger charge is 2.39. The molecule has 0 saturated carbocycles. The second-order valence-electron chi connectivity index (χ2n) is 15.0. The molecular weight excluding hydrogens is 536 g/mol. The summed E-state index contributed by atoms with van der Waals surface area (Å²) in [7, 11) is 0. The van der Waals surface area contributed by atoms with Crippen LogP contribution in [0.5, 0.6) is 0 Å². The van der Waals surface area contributed by atoms with Crippen LogP contribution in [0.25, 0.3) is 0 Å². The molecule has 0 bridgehead atoms. The minimum absolute atomic E-state index is 0.0636. The molecule has 2 nitrogen and oxygen atoms in total. The zero-order valence-electron chi connectivity index (χ0n) is 28.4. The molecule has 3 aromatic rings. The predicted molar refractivity (Wildman–Crippen MR) is 187 cm³/mol. The molecule has 232 valence electrons. The molecule has 0 radical (unpaired) electrons. The molecule has 1 aliphatic rings. The van der Waals surface area contributed by atoms with Gasteiger partial charge in [-0.25, -0.2) is 0 Å². The van der Waals surface area contributed by atoms with Crippen molar-refractivity contribution in [2.45, 2.75) is 98.8 Å². The highest BCUT2D eigenvalue weighted by molar-refractivity contribution is 5.98. The number of allylic oxidation sites excluding steroid dienone is 5. The van der Waals surface area contributed by atoms with Crippen LogP contribution in [-0.2, 0) is 23.7 Å². The number of hydrogen-bond acceptors (Lipinski definition) is 2. The quantitative estimate of drug-likeness (QED) is 0.239. The van der Waals surface area contributed by atoms with Gasteiger partial charge in [-0.1, -0.05) is 127 Å². The number of Topliss-reactive ketones (excluding diaryl/α,β-unsaturated/α-hetero) is 1. The van der Waals surface area contributed by atoms with Crippen molar-refractivity contribution in [3.05, 3.63) is 141 Å². The van der Waals surface area contributed by atoms with Gasteiger partial charge in [-0.3, -0.25) is 4.79 Å². The Bertz CT molecular complexity index is 1570. The minimum atomic E-state index is -0.636. The minimum Gasteiger partial charge on any atom is -0.508 e. The number of carbonyl (C=O) groups excluding carboxylic acids is 1. The molecule has 0 amide bonds. The first-order valence-electron chi connectivity index (χ1n) is 16.2. The number of aryl methyl sites for hydroxylation is 2. The van der Waals surface area contributed by atoms with Crippen LogP contribution in [0.3, 0.4) is 0 Å². The Morgan fingerprint density at radius 1 is 0.818 bits per heavy atom. The van der Waals surface area contributed by atoms with Crippen LogP contribution in [-0.4, -0.2) is 10.9 Å². The maximum atomic E-state index is 14.6. The first-order valence-corrected chi connectivity index (χ1v) is 16.2. The van der Waals surface area contributed by atoms with Crippen molar-refractivity contribution in [2.24, 2.45) is 11.3 Å². The number of ketones is 1. The van der Waals surface area contributed by atoms with Crippen molar-refractivity contribution in [3.8, 4) is 0 Å². The first kappa shape index (κ1) is 33.2. The van der Waals surface area contributed by atoms with Crippen molar-refractivity contribution < 1.29 is 9.90 Å². The Balaban J connectivity index is 1.96. The molecule has 0 aromatic heterocycles. The fourth-order valence-corrected chi connectivity index (χ4v) is 6.51. The van der Waals surface area contributed by atoms with Gasteiger partial charge in [0.15, 0.2) is 5.78 Å². The molecule has 1 atom stereocenters. The Morgan fingerprint density at radius 2 is 1.52 bits per heavy atom. The van der Waals surface area contributed by atoms with Gasteiger partial charge in [-0.2, -0.15) is 0 Å². The maximum absolute atomic E-state index is 14.6. The molecule has 4 rings (SSSR count). The molecule has 0 aliphatic heterocycles. The molecule has 3 aromatic carbocycles. The third-order valence-electron chi connectivity index (χ3n) is 9.74. The Labute approximate surface area is 266 Å². The lowest BCUT2D eigenvalue weighted by atomic mass is 9.65. The molecule has 0 fully saturated rings. The van der Waals surface area contributed by atoms with Crippen molar-refractivity contribution in [2.75, 3.05) is 0 Å². The van der Waals surface area contributed by atoms with Crippen molar-refractivity contribution >= 4 is 5.78 Å². The van der Waals surface area contributed by atoms with Crippen LogP contribution >= 0.6 is 0 Å². The van der Waals surface area contributed by atoms with Gasteiger partial charge in [0.1, 0.15) is 5.76 Å². The summed E-state index contributed by atoms with van der Waals surface area (Å²) >= 11 is 0. The van der Waals surface area contributed by atoms with Crippen molar-refractivity contribution in [1.82, 2.24) is 0 Å². The molecule has 0 heterocycles. The fourth-order valence-electron chi connectivity index (χ4n) is 6.51. The topological polar surface area (TPSA) is 37.3 Å². The third kappa shape index (κ3) is 7.70. The Kier molecular flexibility index (Phi) is 9.93. The summed E-state index contributed by atoms with van der Waals surface area (Å²) in [5, 5.41) is 10.5. The molecule has 0 spiro atoms. The summed E-state index contributed by atoms with van der Waals surface area (Å²) in [6.45, 7) is 20.2. The summed E-state index contributed by atoms with van der Waals surface area (Å²) < 4.78 is 0. The molecule has 44 heavy (non-hydrogen) atoms. The average Bonchev–Trinajstić information content (AvgIpc) is 3.16. The normalized spacial score (nSPS) is 15.4. The number of rotatable bonds is 10. The lowest BCUT2D eigenvalue weighted by Crippen LogP contribution is -2.35. The number of carbonyl (C=O) groups is 1. The van der Waals surface area contributed by atoms with Gasteiger partial charge in [0, 0.05) is 17.4 Å². The fraction of sp³-hybridized carbons (Fsp3) is 0.405. The second kappa shape index (κ2) is 13.1. The van der Waals surface area contributed by atoms with Gasteiger partial charge in [0.2, 0.25) is 0 Å². The van der Waals surface area contributed by atoms with E-state index in [2.05, 4.69) is 123 Å². The van der Waals surface area contributed by atoms with Crippen LogP contribution in [0.15, 0.2) is 102 Å². The largest absolute Gasteiger partial charge is 0.508 e. The first-order chi connectivity index (χ1) is 20.6. The van der Waals surface area contributed by atoms with E-state index in [1.165, 1.54) is 27.8 Å². The van der Waals surface area contributed by atoms with E-state index in [-0.39, 0.29) is 22.4 Å². The molecule has 1 aliphatic carbocycles. The Morgan fingerprint density at radius 3 is 2.18 bits per heavy atom. The second-order valence-corrected chi connectivity index (χ2v) is 15.0. The molecule has 2 heteroatoms. The number of hydrogen-bond donors (Lipinski definition) is 1. The van der Waals surface area contributed by atoms with Crippen LogP contribution in [0.4, 0.5) is 0 Å². The highest BCUT2D eigenvalue weighted by atomic mass is 16.3. The third-order valence-corrected chi connectivity index (χ3v) is 9.74. The number of benzene rings is 3. The summed E-state index contributed by atoms with van der Waals surface area (Å²) in [5.74, 6) is 0.920. The van der Waals surface area contributed by atoms with Crippen LogP contribution in [0, 0.1) is 25.2 Å². The summed E-state index contributed by atoms with van der Waals surface area (Å²) in [5.41, 5.74) is 8.50. The lowest BCUT2D eigenvalue weighted by Gasteiger charge is -2.37. The van der Waals surface area contributed by atoms with Gasteiger partial charge >= 0.3 is 0 Å². The standard InChI is InChI=1S/C42H52O2/c1-29(2)41(8,9)26-33-22-30(3)23-36(24-33)42(27-32-14-11-10-12-15-32,35-16-13-17-37(43)21-20-35)28-39(44)34-19-18-31(4)38(25-34)40(5,6)7/h10-12,14-25,29,43H,13,26-28H2,1-9H3. The van der Waals surface area contributed by atoms with E-state index in [1.807, 2.05) is 24.3 Å². The average molecular weight is 589 g/mol. The van der Waals surface area contributed by atoms with Crippen molar-refractivity contribution in [1.29, 1.82) is 0 Å². The van der Waals surface area contributed by atoms with Gasteiger partial charge < -0.3 is 5.11 Å².